The lowest BCUT2D eigenvalue weighted by atomic mass is 9.99. The predicted molar refractivity (Wildman–Crippen MR) is 63.8 cm³/mol. The van der Waals surface area contributed by atoms with Crippen molar-refractivity contribution in [3.63, 3.8) is 0 Å². The largest absolute Gasteiger partial charge is 0.393 e. The Morgan fingerprint density at radius 1 is 1.30 bits per heavy atom. The predicted octanol–water partition coefficient (Wildman–Crippen LogP) is 1.84. The van der Waals surface area contributed by atoms with Crippen LogP contribution in [0.15, 0.2) is 18.7 Å². The van der Waals surface area contributed by atoms with E-state index < -0.39 is 12.1 Å². The van der Waals surface area contributed by atoms with Gasteiger partial charge in [0, 0.05) is 38.3 Å². The van der Waals surface area contributed by atoms with Gasteiger partial charge >= 0.3 is 6.18 Å². The Bertz CT molecular complexity index is 572. The van der Waals surface area contributed by atoms with Gasteiger partial charge in [-0.1, -0.05) is 0 Å². The molecular weight excluding hydrogens is 271 g/mol. The zero-order valence-electron chi connectivity index (χ0n) is 10.7. The molecule has 0 fully saturated rings. The second-order valence-corrected chi connectivity index (χ2v) is 4.97. The Balaban J connectivity index is 1.73. The molecule has 3 heterocycles. The van der Waals surface area contributed by atoms with Crippen molar-refractivity contribution in [1.29, 1.82) is 0 Å². The Kier molecular flexibility index (Phi) is 3.23. The van der Waals surface area contributed by atoms with Crippen LogP contribution in [-0.2, 0) is 25.9 Å². The van der Waals surface area contributed by atoms with Crippen molar-refractivity contribution in [1.82, 2.24) is 24.3 Å². The van der Waals surface area contributed by atoms with Crippen molar-refractivity contribution in [2.45, 2.75) is 38.5 Å². The summed E-state index contributed by atoms with van der Waals surface area (Å²) < 4.78 is 41.9. The molecule has 0 aromatic carbocycles. The van der Waals surface area contributed by atoms with Gasteiger partial charge in [-0.3, -0.25) is 0 Å². The SMILES string of the molecule is FC(F)(F)C1CCc2nnc(CCn3ccnc3)n2C1. The first kappa shape index (κ1) is 13.1. The second kappa shape index (κ2) is 4.92. The highest BCUT2D eigenvalue weighted by molar-refractivity contribution is 5.01. The van der Waals surface area contributed by atoms with E-state index in [1.165, 1.54) is 0 Å². The molecule has 1 aliphatic heterocycles. The molecule has 1 aliphatic rings. The molecule has 0 radical (unpaired) electrons. The molecule has 108 valence electrons. The molecule has 0 aliphatic carbocycles. The number of aromatic nitrogens is 5. The van der Waals surface area contributed by atoms with E-state index >= 15 is 0 Å². The van der Waals surface area contributed by atoms with Crippen LogP contribution in [0.3, 0.4) is 0 Å². The molecule has 1 unspecified atom stereocenters. The van der Waals surface area contributed by atoms with Crippen LogP contribution >= 0.6 is 0 Å². The number of halogens is 3. The van der Waals surface area contributed by atoms with Crippen molar-refractivity contribution in [2.24, 2.45) is 5.92 Å². The van der Waals surface area contributed by atoms with Crippen LogP contribution in [-0.4, -0.2) is 30.5 Å². The summed E-state index contributed by atoms with van der Waals surface area (Å²) in [4.78, 5) is 3.93. The summed E-state index contributed by atoms with van der Waals surface area (Å²) in [5.74, 6) is -0.0215. The fourth-order valence-corrected chi connectivity index (χ4v) is 2.48. The minimum Gasteiger partial charge on any atom is -0.337 e. The number of rotatable bonds is 3. The molecule has 2 aromatic rings. The number of imidazole rings is 1. The van der Waals surface area contributed by atoms with Gasteiger partial charge in [0.05, 0.1) is 12.2 Å². The van der Waals surface area contributed by atoms with Gasteiger partial charge in [-0.05, 0) is 6.42 Å². The summed E-state index contributed by atoms with van der Waals surface area (Å²) in [7, 11) is 0. The highest BCUT2D eigenvalue weighted by Crippen LogP contribution is 2.34. The summed E-state index contributed by atoms with van der Waals surface area (Å²) in [6, 6.07) is 0. The Morgan fingerprint density at radius 2 is 2.15 bits per heavy atom. The summed E-state index contributed by atoms with van der Waals surface area (Å²) >= 11 is 0. The molecule has 3 rings (SSSR count). The van der Waals surface area contributed by atoms with Crippen LogP contribution in [0.4, 0.5) is 13.2 Å². The van der Waals surface area contributed by atoms with Crippen LogP contribution in [0.5, 0.6) is 0 Å². The monoisotopic (exact) mass is 285 g/mol. The van der Waals surface area contributed by atoms with Crippen LogP contribution in [0.1, 0.15) is 18.1 Å². The van der Waals surface area contributed by atoms with Crippen LogP contribution in [0.2, 0.25) is 0 Å². The summed E-state index contributed by atoms with van der Waals surface area (Å²) in [5, 5.41) is 8.02. The number of nitrogens with zero attached hydrogens (tertiary/aromatic N) is 5. The standard InChI is InChI=1S/C12H14F3N5/c13-12(14,15)9-1-2-10-17-18-11(20(10)7-9)3-5-19-6-4-16-8-19/h4,6,8-9H,1-3,5,7H2. The highest BCUT2D eigenvalue weighted by Gasteiger charge is 2.42. The topological polar surface area (TPSA) is 48.5 Å². The quantitative estimate of drug-likeness (QED) is 0.864. The van der Waals surface area contributed by atoms with E-state index in [2.05, 4.69) is 15.2 Å². The van der Waals surface area contributed by atoms with Gasteiger partial charge in [0.25, 0.3) is 0 Å². The Hall–Kier alpha value is -1.86. The minimum absolute atomic E-state index is 0.0644. The van der Waals surface area contributed by atoms with E-state index in [9.17, 15) is 13.2 Å². The first-order chi connectivity index (χ1) is 9.54. The van der Waals surface area contributed by atoms with Gasteiger partial charge in [0.15, 0.2) is 0 Å². The summed E-state index contributed by atoms with van der Waals surface area (Å²) in [5.41, 5.74) is 0. The van der Waals surface area contributed by atoms with Crippen LogP contribution in [0, 0.1) is 5.92 Å². The van der Waals surface area contributed by atoms with E-state index in [4.69, 9.17) is 0 Å². The zero-order valence-corrected chi connectivity index (χ0v) is 10.7. The molecule has 1 atom stereocenters. The van der Waals surface area contributed by atoms with Gasteiger partial charge in [-0.2, -0.15) is 13.2 Å². The first-order valence-corrected chi connectivity index (χ1v) is 6.47. The molecule has 2 aromatic heterocycles. The molecule has 0 saturated heterocycles. The van der Waals surface area contributed by atoms with Crippen molar-refractivity contribution in [2.75, 3.05) is 0 Å². The van der Waals surface area contributed by atoms with Crippen LogP contribution in [0.25, 0.3) is 0 Å². The molecule has 0 N–H and O–H groups in total. The lowest BCUT2D eigenvalue weighted by Crippen LogP contribution is -2.32. The first-order valence-electron chi connectivity index (χ1n) is 6.47. The molecule has 20 heavy (non-hydrogen) atoms. The maximum Gasteiger partial charge on any atom is 0.393 e. The smallest absolute Gasteiger partial charge is 0.337 e. The average molecular weight is 285 g/mol. The number of alkyl halides is 3. The maximum atomic E-state index is 12.8. The summed E-state index contributed by atoms with van der Waals surface area (Å²) in [6.45, 7) is 0.569. The van der Waals surface area contributed by atoms with Crippen molar-refractivity contribution in [3.8, 4) is 0 Å². The second-order valence-electron chi connectivity index (χ2n) is 4.97. The Morgan fingerprint density at radius 3 is 2.85 bits per heavy atom. The number of aryl methyl sites for hydroxylation is 3. The molecule has 0 amide bonds. The summed E-state index contributed by atoms with van der Waals surface area (Å²) in [6.07, 6.45) is 1.99. The number of fused-ring (bicyclic) bond motifs is 1. The van der Waals surface area contributed by atoms with E-state index in [0.717, 1.165) is 0 Å². The molecule has 0 spiro atoms. The van der Waals surface area contributed by atoms with E-state index in [1.807, 2.05) is 10.8 Å². The van der Waals surface area contributed by atoms with Gasteiger partial charge in [-0.25, -0.2) is 4.98 Å². The molecule has 0 saturated carbocycles. The molecule has 5 nitrogen and oxygen atoms in total. The van der Waals surface area contributed by atoms with Gasteiger partial charge < -0.3 is 9.13 Å². The fourth-order valence-electron chi connectivity index (χ4n) is 2.48. The third-order valence-electron chi connectivity index (χ3n) is 3.64. The molecule has 0 bridgehead atoms. The third kappa shape index (κ3) is 2.54. The van der Waals surface area contributed by atoms with E-state index in [0.29, 0.717) is 31.0 Å². The van der Waals surface area contributed by atoms with Gasteiger partial charge in [0.1, 0.15) is 11.6 Å². The van der Waals surface area contributed by atoms with Crippen molar-refractivity contribution < 1.29 is 13.2 Å². The molecule has 8 heteroatoms. The van der Waals surface area contributed by atoms with Crippen molar-refractivity contribution in [3.05, 3.63) is 30.4 Å². The minimum atomic E-state index is -4.15. The fraction of sp³-hybridized carbons (Fsp3) is 0.583. The lowest BCUT2D eigenvalue weighted by Gasteiger charge is -2.26. The van der Waals surface area contributed by atoms with Gasteiger partial charge in [-0.15, -0.1) is 10.2 Å². The lowest BCUT2D eigenvalue weighted by molar-refractivity contribution is -0.182. The molecular formula is C12H14F3N5. The van der Waals surface area contributed by atoms with Crippen molar-refractivity contribution >= 4 is 0 Å². The normalized spacial score (nSPS) is 19.1. The highest BCUT2D eigenvalue weighted by atomic mass is 19.4. The van der Waals surface area contributed by atoms with Crippen LogP contribution < -0.4 is 0 Å². The van der Waals surface area contributed by atoms with Gasteiger partial charge in [0.2, 0.25) is 0 Å². The maximum absolute atomic E-state index is 12.8. The average Bonchev–Trinajstić information content (AvgIpc) is 3.04. The zero-order chi connectivity index (χ0) is 14.2. The van der Waals surface area contributed by atoms with E-state index in [-0.39, 0.29) is 13.0 Å². The third-order valence-corrected chi connectivity index (χ3v) is 3.64. The number of hydrogen-bond acceptors (Lipinski definition) is 3. The van der Waals surface area contributed by atoms with E-state index in [1.54, 1.807) is 17.1 Å². The Labute approximate surface area is 113 Å². The number of hydrogen-bond donors (Lipinski definition) is 0.